The zero-order chi connectivity index (χ0) is 21.7. The van der Waals surface area contributed by atoms with Crippen molar-refractivity contribution in [2.24, 2.45) is 5.92 Å². The molecule has 0 spiro atoms. The monoisotopic (exact) mass is 435 g/mol. The number of carbonyl (C=O) groups excluding carboxylic acids is 3. The van der Waals surface area contributed by atoms with Crippen molar-refractivity contribution in [2.75, 3.05) is 29.9 Å². The quantitative estimate of drug-likeness (QED) is 0.729. The van der Waals surface area contributed by atoms with Gasteiger partial charge in [0.2, 0.25) is 11.8 Å². The molecule has 3 amide bonds. The number of carbonyl (C=O) groups is 3. The SMILES string of the molecule is CC(NC(=O)c1cccc(NC(=O)C2CCCCC2)c1)C(=O)N1CCS(=O)(=O)CC1. The predicted molar refractivity (Wildman–Crippen MR) is 114 cm³/mol. The van der Waals surface area contributed by atoms with Crippen molar-refractivity contribution in [1.29, 1.82) is 0 Å². The van der Waals surface area contributed by atoms with Crippen LogP contribution >= 0.6 is 0 Å². The maximum atomic E-state index is 12.6. The van der Waals surface area contributed by atoms with Crippen LogP contribution in [0.5, 0.6) is 0 Å². The van der Waals surface area contributed by atoms with Crippen LogP contribution in [0.4, 0.5) is 5.69 Å². The van der Waals surface area contributed by atoms with E-state index in [2.05, 4.69) is 10.6 Å². The lowest BCUT2D eigenvalue weighted by Crippen LogP contribution is -2.51. The first-order valence-electron chi connectivity index (χ1n) is 10.5. The standard InChI is InChI=1S/C21H29N3O5S/c1-15(21(27)24-10-12-30(28,29)13-11-24)22-20(26)17-8-5-9-18(14-17)23-19(25)16-6-3-2-4-7-16/h5,8-9,14-16H,2-4,6-7,10-13H2,1H3,(H,22,26)(H,23,25). The summed E-state index contributed by atoms with van der Waals surface area (Å²) in [6.45, 7) is 1.87. The molecule has 1 aromatic carbocycles. The minimum absolute atomic E-state index is 0.0160. The maximum Gasteiger partial charge on any atom is 0.251 e. The van der Waals surface area contributed by atoms with Crippen molar-refractivity contribution in [3.8, 4) is 0 Å². The molecule has 9 heteroatoms. The minimum atomic E-state index is -3.08. The molecule has 30 heavy (non-hydrogen) atoms. The Morgan fingerprint density at radius 3 is 2.40 bits per heavy atom. The van der Waals surface area contributed by atoms with Crippen molar-refractivity contribution in [3.63, 3.8) is 0 Å². The van der Waals surface area contributed by atoms with Gasteiger partial charge in [-0.25, -0.2) is 8.42 Å². The number of hydrogen-bond donors (Lipinski definition) is 2. The zero-order valence-electron chi connectivity index (χ0n) is 17.2. The molecule has 8 nitrogen and oxygen atoms in total. The van der Waals surface area contributed by atoms with Crippen molar-refractivity contribution >= 4 is 33.2 Å². The van der Waals surface area contributed by atoms with Gasteiger partial charge in [0.05, 0.1) is 11.5 Å². The number of anilines is 1. The van der Waals surface area contributed by atoms with E-state index in [4.69, 9.17) is 0 Å². The van der Waals surface area contributed by atoms with Crippen LogP contribution in [0.2, 0.25) is 0 Å². The first-order chi connectivity index (χ1) is 14.2. The first kappa shape index (κ1) is 22.3. The van der Waals surface area contributed by atoms with Gasteiger partial charge in [-0.15, -0.1) is 0 Å². The highest BCUT2D eigenvalue weighted by molar-refractivity contribution is 7.91. The van der Waals surface area contributed by atoms with Gasteiger partial charge in [0, 0.05) is 30.3 Å². The third kappa shape index (κ3) is 5.81. The van der Waals surface area contributed by atoms with Crippen molar-refractivity contribution in [1.82, 2.24) is 10.2 Å². The molecule has 2 N–H and O–H groups in total. The third-order valence-corrected chi connectivity index (χ3v) is 7.35. The average Bonchev–Trinajstić information content (AvgIpc) is 2.74. The average molecular weight is 436 g/mol. The fourth-order valence-electron chi connectivity index (χ4n) is 3.90. The lowest BCUT2D eigenvalue weighted by atomic mass is 9.88. The van der Waals surface area contributed by atoms with Crippen LogP contribution in [0.1, 0.15) is 49.4 Å². The molecule has 1 aliphatic carbocycles. The Balaban J connectivity index is 1.56. The maximum absolute atomic E-state index is 12.6. The number of sulfone groups is 1. The summed E-state index contributed by atoms with van der Waals surface area (Å²) in [5.74, 6) is -0.836. The highest BCUT2D eigenvalue weighted by atomic mass is 32.2. The molecule has 1 saturated carbocycles. The van der Waals surface area contributed by atoms with Gasteiger partial charge in [-0.1, -0.05) is 25.3 Å². The van der Waals surface area contributed by atoms with Gasteiger partial charge in [-0.05, 0) is 38.0 Å². The van der Waals surface area contributed by atoms with Crippen LogP contribution in [-0.4, -0.2) is 61.7 Å². The molecule has 1 aromatic rings. The molecule has 0 aromatic heterocycles. The van der Waals surface area contributed by atoms with Gasteiger partial charge in [-0.3, -0.25) is 14.4 Å². The van der Waals surface area contributed by atoms with Gasteiger partial charge in [0.25, 0.3) is 5.91 Å². The molecule has 2 aliphatic rings. The fraction of sp³-hybridized carbons (Fsp3) is 0.571. The van der Waals surface area contributed by atoms with Gasteiger partial charge in [0.15, 0.2) is 9.84 Å². The van der Waals surface area contributed by atoms with E-state index in [0.29, 0.717) is 11.3 Å². The Labute approximate surface area is 177 Å². The van der Waals surface area contributed by atoms with E-state index in [1.807, 2.05) is 0 Å². The van der Waals surface area contributed by atoms with Gasteiger partial charge < -0.3 is 15.5 Å². The van der Waals surface area contributed by atoms with Crippen LogP contribution in [0, 0.1) is 5.92 Å². The normalized spacial score (nSPS) is 20.2. The number of nitrogens with zero attached hydrogens (tertiary/aromatic N) is 1. The van der Waals surface area contributed by atoms with Gasteiger partial charge in [-0.2, -0.15) is 0 Å². The summed E-state index contributed by atoms with van der Waals surface area (Å²) in [4.78, 5) is 39.0. The van der Waals surface area contributed by atoms with Crippen LogP contribution in [0.15, 0.2) is 24.3 Å². The molecule has 0 radical (unpaired) electrons. The molecule has 164 valence electrons. The van der Waals surface area contributed by atoms with E-state index in [1.54, 1.807) is 31.2 Å². The van der Waals surface area contributed by atoms with Crippen LogP contribution in [0.25, 0.3) is 0 Å². The summed E-state index contributed by atoms with van der Waals surface area (Å²) in [6, 6.07) is 5.86. The first-order valence-corrected chi connectivity index (χ1v) is 12.3. The number of rotatable bonds is 5. The number of amides is 3. The number of hydrogen-bond acceptors (Lipinski definition) is 5. The third-order valence-electron chi connectivity index (χ3n) is 5.74. The Bertz CT molecular complexity index is 895. The second-order valence-corrected chi connectivity index (χ2v) is 10.4. The molecule has 3 rings (SSSR count). The minimum Gasteiger partial charge on any atom is -0.341 e. The van der Waals surface area contributed by atoms with E-state index in [0.717, 1.165) is 25.7 Å². The summed E-state index contributed by atoms with van der Waals surface area (Å²) >= 11 is 0. The van der Waals surface area contributed by atoms with Crippen LogP contribution < -0.4 is 10.6 Å². The molecule has 0 bridgehead atoms. The highest BCUT2D eigenvalue weighted by Gasteiger charge is 2.28. The largest absolute Gasteiger partial charge is 0.341 e. The highest BCUT2D eigenvalue weighted by Crippen LogP contribution is 2.25. The Morgan fingerprint density at radius 1 is 1.07 bits per heavy atom. The zero-order valence-corrected chi connectivity index (χ0v) is 18.0. The lowest BCUT2D eigenvalue weighted by Gasteiger charge is -2.29. The summed E-state index contributed by atoms with van der Waals surface area (Å²) < 4.78 is 23.0. The summed E-state index contributed by atoms with van der Waals surface area (Å²) in [7, 11) is -3.08. The molecule has 1 aliphatic heterocycles. The smallest absolute Gasteiger partial charge is 0.251 e. The number of nitrogens with one attached hydrogen (secondary N) is 2. The summed E-state index contributed by atoms with van der Waals surface area (Å²) in [6.07, 6.45) is 5.08. The summed E-state index contributed by atoms with van der Waals surface area (Å²) in [5, 5.41) is 5.56. The molecular weight excluding hydrogens is 406 g/mol. The second kappa shape index (κ2) is 9.59. The molecule has 1 unspecified atom stereocenters. The van der Waals surface area contributed by atoms with E-state index >= 15 is 0 Å². The molecule has 1 atom stereocenters. The Kier molecular flexibility index (Phi) is 7.12. The van der Waals surface area contributed by atoms with Gasteiger partial charge >= 0.3 is 0 Å². The molecule has 2 fully saturated rings. The van der Waals surface area contributed by atoms with Gasteiger partial charge in [0.1, 0.15) is 6.04 Å². The Morgan fingerprint density at radius 2 is 1.73 bits per heavy atom. The second-order valence-electron chi connectivity index (χ2n) is 8.08. The molecular formula is C21H29N3O5S. The fourth-order valence-corrected chi connectivity index (χ4v) is 5.10. The molecule has 1 heterocycles. The van der Waals surface area contributed by atoms with E-state index in [1.165, 1.54) is 11.3 Å². The number of benzene rings is 1. The Hall–Kier alpha value is -2.42. The van der Waals surface area contributed by atoms with Crippen molar-refractivity contribution < 1.29 is 22.8 Å². The topological polar surface area (TPSA) is 113 Å². The van der Waals surface area contributed by atoms with Crippen molar-refractivity contribution in [3.05, 3.63) is 29.8 Å². The van der Waals surface area contributed by atoms with E-state index in [9.17, 15) is 22.8 Å². The lowest BCUT2D eigenvalue weighted by molar-refractivity contribution is -0.132. The van der Waals surface area contributed by atoms with Crippen LogP contribution in [-0.2, 0) is 19.4 Å². The summed E-state index contributed by atoms with van der Waals surface area (Å²) in [5.41, 5.74) is 0.899. The van der Waals surface area contributed by atoms with E-state index in [-0.39, 0.29) is 42.3 Å². The predicted octanol–water partition coefficient (Wildman–Crippen LogP) is 1.58. The van der Waals surface area contributed by atoms with Crippen molar-refractivity contribution in [2.45, 2.75) is 45.1 Å². The molecule has 1 saturated heterocycles. The van der Waals surface area contributed by atoms with E-state index < -0.39 is 21.8 Å². The van der Waals surface area contributed by atoms with Crippen LogP contribution in [0.3, 0.4) is 0 Å².